The monoisotopic (exact) mass is 329 g/mol. The first-order valence-electron chi connectivity index (χ1n) is 5.31. The average Bonchev–Trinajstić information content (AvgIpc) is 2.96. The lowest BCUT2D eigenvalue weighted by Crippen LogP contribution is -2.05. The van der Waals surface area contributed by atoms with Gasteiger partial charge in [-0.2, -0.15) is 4.68 Å². The molecule has 0 amide bonds. The minimum Gasteiger partial charge on any atom is -0.358 e. The molecule has 3 aromatic heterocycles. The van der Waals surface area contributed by atoms with E-state index in [-0.39, 0.29) is 11.6 Å². The predicted molar refractivity (Wildman–Crippen MR) is 75.4 cm³/mol. The molecule has 0 bridgehead atoms. The van der Waals surface area contributed by atoms with Gasteiger partial charge < -0.3 is 10.1 Å². The fourth-order valence-electron chi connectivity index (χ4n) is 1.67. The predicted octanol–water partition coefficient (Wildman–Crippen LogP) is 3.15. The van der Waals surface area contributed by atoms with Gasteiger partial charge in [0, 0.05) is 5.39 Å². The molecule has 0 saturated carbocycles. The maximum Gasteiger partial charge on any atom is 0.408 e. The van der Waals surface area contributed by atoms with E-state index in [0.29, 0.717) is 11.0 Å². The van der Waals surface area contributed by atoms with Gasteiger partial charge in [0.2, 0.25) is 0 Å². The van der Waals surface area contributed by atoms with Crippen molar-refractivity contribution in [3.8, 4) is 0 Å². The summed E-state index contributed by atoms with van der Waals surface area (Å²) in [5, 5.41) is 17.4. The van der Waals surface area contributed by atoms with Gasteiger partial charge >= 0.3 is 5.82 Å². The minimum absolute atomic E-state index is 0.0294. The van der Waals surface area contributed by atoms with Crippen LogP contribution < -0.4 is 0 Å². The first-order valence-corrected chi connectivity index (χ1v) is 6.95. The lowest BCUT2D eigenvalue weighted by atomic mass is 10.4. The Morgan fingerprint density at radius 2 is 2.20 bits per heavy atom. The molecule has 0 atom stereocenters. The Morgan fingerprint density at radius 3 is 2.90 bits per heavy atom. The molecule has 3 rings (SSSR count). The van der Waals surface area contributed by atoms with Crippen molar-refractivity contribution >= 4 is 50.6 Å². The topological polar surface area (TPSA) is 86.7 Å². The van der Waals surface area contributed by atoms with Crippen molar-refractivity contribution < 1.29 is 4.92 Å². The molecule has 0 saturated heterocycles. The Labute approximate surface area is 125 Å². The van der Waals surface area contributed by atoms with Crippen molar-refractivity contribution in [1.82, 2.24) is 19.7 Å². The lowest BCUT2D eigenvalue weighted by Gasteiger charge is -1.99. The van der Waals surface area contributed by atoms with E-state index in [0.717, 1.165) is 10.2 Å². The zero-order chi connectivity index (χ0) is 14.3. The van der Waals surface area contributed by atoms with E-state index < -0.39 is 10.7 Å². The number of nitro groups is 1. The highest BCUT2D eigenvalue weighted by molar-refractivity contribution is 7.16. The van der Waals surface area contributed by atoms with Crippen LogP contribution in [0.3, 0.4) is 0 Å². The highest BCUT2D eigenvalue weighted by Crippen LogP contribution is 2.25. The normalized spacial score (nSPS) is 11.1. The summed E-state index contributed by atoms with van der Waals surface area (Å²) in [6, 6.07) is 1.84. The standard InChI is InChI=1S/C10H5Cl2N5O2S/c11-6-3-16(15-9(6)17(18)19)4-7-13-8(12)5-1-2-20-10(5)14-7/h1-3H,4H2. The molecule has 0 N–H and O–H groups in total. The second kappa shape index (κ2) is 4.97. The van der Waals surface area contributed by atoms with Crippen LogP contribution >= 0.6 is 34.5 Å². The second-order valence-corrected chi connectivity index (χ2v) is 5.49. The molecule has 0 aromatic carbocycles. The summed E-state index contributed by atoms with van der Waals surface area (Å²) >= 11 is 13.2. The summed E-state index contributed by atoms with van der Waals surface area (Å²) in [6.45, 7) is 0.154. The molecule has 3 heterocycles. The van der Waals surface area contributed by atoms with Gasteiger partial charge in [0.1, 0.15) is 16.5 Å². The van der Waals surface area contributed by atoms with Crippen LogP contribution in [0.5, 0.6) is 0 Å². The molecule has 0 aliphatic carbocycles. The molecule has 0 radical (unpaired) electrons. The fraction of sp³-hybridized carbons (Fsp3) is 0.100. The van der Waals surface area contributed by atoms with Crippen molar-refractivity contribution in [3.05, 3.63) is 43.8 Å². The third kappa shape index (κ3) is 2.33. The number of nitrogens with zero attached hydrogens (tertiary/aromatic N) is 5. The van der Waals surface area contributed by atoms with Crippen molar-refractivity contribution in [2.24, 2.45) is 0 Å². The zero-order valence-electron chi connectivity index (χ0n) is 9.66. The third-order valence-corrected chi connectivity index (χ3v) is 3.86. The van der Waals surface area contributed by atoms with Crippen LogP contribution in [0.2, 0.25) is 10.2 Å². The van der Waals surface area contributed by atoms with Gasteiger partial charge in [-0.3, -0.25) is 0 Å². The van der Waals surface area contributed by atoms with Gasteiger partial charge in [0.15, 0.2) is 10.8 Å². The van der Waals surface area contributed by atoms with Crippen LogP contribution in [-0.2, 0) is 6.54 Å². The SMILES string of the molecule is O=[N+]([O-])c1nn(Cc2nc(Cl)c3ccsc3n2)cc1Cl. The van der Waals surface area contributed by atoms with E-state index in [1.165, 1.54) is 22.2 Å². The van der Waals surface area contributed by atoms with Gasteiger partial charge in [-0.15, -0.1) is 11.3 Å². The summed E-state index contributed by atoms with van der Waals surface area (Å²) in [7, 11) is 0. The van der Waals surface area contributed by atoms with Gasteiger partial charge in [-0.05, 0) is 16.4 Å². The number of halogens is 2. The molecule has 10 heteroatoms. The molecule has 102 valence electrons. The van der Waals surface area contributed by atoms with Crippen molar-refractivity contribution in [1.29, 1.82) is 0 Å². The molecule has 0 unspecified atom stereocenters. The minimum atomic E-state index is -0.644. The van der Waals surface area contributed by atoms with E-state index in [2.05, 4.69) is 15.1 Å². The second-order valence-electron chi connectivity index (χ2n) is 3.83. The summed E-state index contributed by atoms with van der Waals surface area (Å²) in [6.07, 6.45) is 1.36. The molecule has 3 aromatic rings. The number of hydrogen-bond acceptors (Lipinski definition) is 6. The Bertz CT molecular complexity index is 815. The van der Waals surface area contributed by atoms with Gasteiger partial charge in [0.05, 0.1) is 11.3 Å². The van der Waals surface area contributed by atoms with E-state index >= 15 is 0 Å². The Balaban J connectivity index is 1.96. The van der Waals surface area contributed by atoms with Crippen LogP contribution in [0.1, 0.15) is 5.82 Å². The smallest absolute Gasteiger partial charge is 0.358 e. The molecule has 0 fully saturated rings. The van der Waals surface area contributed by atoms with Crippen LogP contribution in [0.25, 0.3) is 10.2 Å². The number of hydrogen-bond donors (Lipinski definition) is 0. The van der Waals surface area contributed by atoms with Crippen molar-refractivity contribution in [2.75, 3.05) is 0 Å². The van der Waals surface area contributed by atoms with Crippen LogP contribution in [0, 0.1) is 10.1 Å². The summed E-state index contributed by atoms with van der Waals surface area (Å²) < 4.78 is 1.31. The van der Waals surface area contributed by atoms with E-state index in [4.69, 9.17) is 23.2 Å². The summed E-state index contributed by atoms with van der Waals surface area (Å²) in [4.78, 5) is 19.3. The van der Waals surface area contributed by atoms with Gasteiger partial charge in [-0.1, -0.05) is 23.2 Å². The molecule has 0 spiro atoms. The molecule has 0 aliphatic heterocycles. The Hall–Kier alpha value is -1.77. The Morgan fingerprint density at radius 1 is 1.40 bits per heavy atom. The van der Waals surface area contributed by atoms with E-state index in [1.54, 1.807) is 0 Å². The first kappa shape index (κ1) is 13.2. The average molecular weight is 330 g/mol. The van der Waals surface area contributed by atoms with Crippen LogP contribution in [-0.4, -0.2) is 24.7 Å². The maximum absolute atomic E-state index is 10.7. The number of rotatable bonds is 3. The number of fused-ring (bicyclic) bond motifs is 1. The number of thiophene rings is 1. The van der Waals surface area contributed by atoms with E-state index in [9.17, 15) is 10.1 Å². The highest BCUT2D eigenvalue weighted by atomic mass is 35.5. The molecule has 0 aliphatic rings. The highest BCUT2D eigenvalue weighted by Gasteiger charge is 2.20. The number of aromatic nitrogens is 4. The van der Waals surface area contributed by atoms with Crippen LogP contribution in [0.4, 0.5) is 5.82 Å². The summed E-state index contributed by atoms with van der Waals surface area (Å²) in [5.74, 6) is 0.0222. The molecular formula is C10H5Cl2N5O2S. The molecular weight excluding hydrogens is 325 g/mol. The molecule has 7 nitrogen and oxygen atoms in total. The quantitative estimate of drug-likeness (QED) is 0.418. The molecule has 20 heavy (non-hydrogen) atoms. The summed E-state index contributed by atoms with van der Waals surface area (Å²) in [5.41, 5.74) is 0. The van der Waals surface area contributed by atoms with Gasteiger partial charge in [-0.25, -0.2) is 9.97 Å². The lowest BCUT2D eigenvalue weighted by molar-refractivity contribution is -0.389. The zero-order valence-corrected chi connectivity index (χ0v) is 12.0. The maximum atomic E-state index is 10.7. The van der Waals surface area contributed by atoms with E-state index in [1.807, 2.05) is 11.4 Å². The van der Waals surface area contributed by atoms with Gasteiger partial charge in [0.25, 0.3) is 0 Å². The Kier molecular flexibility index (Phi) is 3.28. The van der Waals surface area contributed by atoms with Crippen LogP contribution in [0.15, 0.2) is 17.6 Å². The third-order valence-electron chi connectivity index (χ3n) is 2.50. The largest absolute Gasteiger partial charge is 0.408 e. The fourth-order valence-corrected chi connectivity index (χ4v) is 2.98. The first-order chi connectivity index (χ1) is 9.54. The van der Waals surface area contributed by atoms with Crippen molar-refractivity contribution in [3.63, 3.8) is 0 Å². The van der Waals surface area contributed by atoms with Crippen molar-refractivity contribution in [2.45, 2.75) is 6.54 Å².